The summed E-state index contributed by atoms with van der Waals surface area (Å²) in [6.07, 6.45) is 10.0. The summed E-state index contributed by atoms with van der Waals surface area (Å²) in [5.74, 6) is 0.777. The number of amides is 2. The summed E-state index contributed by atoms with van der Waals surface area (Å²) < 4.78 is 3.99. The number of carbonyl (C=O) groups excluding carboxylic acids is 2. The Morgan fingerprint density at radius 2 is 1.91 bits per heavy atom. The molecule has 4 aromatic rings. The Balaban J connectivity index is 1.31. The predicted octanol–water partition coefficient (Wildman–Crippen LogP) is 3.37. The van der Waals surface area contributed by atoms with Crippen molar-refractivity contribution in [2.45, 2.75) is 31.7 Å². The van der Waals surface area contributed by atoms with Crippen LogP contribution in [0.1, 0.15) is 51.9 Å². The first-order valence-electron chi connectivity index (χ1n) is 11.8. The first-order valence-corrected chi connectivity index (χ1v) is 11.8. The van der Waals surface area contributed by atoms with E-state index in [1.165, 1.54) is 0 Å². The van der Waals surface area contributed by atoms with Crippen molar-refractivity contribution in [3.63, 3.8) is 0 Å². The standard InChI is InChI=1S/C26H28N6O2/c33-25(28-12-7-14-30-17-13-27-19-30)23-22-11-4-5-16-32(22)24(29-23)21-10-6-15-31(18-21)26(34)20-8-2-1-3-9-20/h1-5,8-9,11,13,16-17,19,21H,6-7,10,12,14-15,18H2,(H,28,33)/t21-/m1/s1. The van der Waals surface area contributed by atoms with Gasteiger partial charge in [0, 0.05) is 56.3 Å². The lowest BCUT2D eigenvalue weighted by Gasteiger charge is -2.32. The minimum absolute atomic E-state index is 0.0435. The molecule has 4 heterocycles. The summed E-state index contributed by atoms with van der Waals surface area (Å²) in [5, 5.41) is 3.01. The SMILES string of the molecule is O=C(NCCCn1ccnc1)c1nc([C@@H]2CCCN(C(=O)c3ccccc3)C2)n2ccccc12. The van der Waals surface area contributed by atoms with Gasteiger partial charge in [-0.15, -0.1) is 0 Å². The number of likely N-dealkylation sites (tertiary alicyclic amines) is 1. The molecule has 1 atom stereocenters. The van der Waals surface area contributed by atoms with E-state index >= 15 is 0 Å². The molecule has 0 saturated carbocycles. The van der Waals surface area contributed by atoms with Crippen LogP contribution in [-0.4, -0.2) is 55.3 Å². The summed E-state index contributed by atoms with van der Waals surface area (Å²) >= 11 is 0. The molecule has 3 aromatic heterocycles. The van der Waals surface area contributed by atoms with Crippen LogP contribution in [0.2, 0.25) is 0 Å². The molecule has 1 N–H and O–H groups in total. The number of nitrogens with one attached hydrogen (secondary N) is 1. The minimum atomic E-state index is -0.173. The molecule has 1 fully saturated rings. The maximum absolute atomic E-state index is 13.0. The molecule has 8 heteroatoms. The first kappa shape index (κ1) is 21.9. The minimum Gasteiger partial charge on any atom is -0.351 e. The Bertz CT molecular complexity index is 1270. The van der Waals surface area contributed by atoms with E-state index in [0.29, 0.717) is 24.3 Å². The third kappa shape index (κ3) is 4.57. The van der Waals surface area contributed by atoms with Gasteiger partial charge in [0.15, 0.2) is 5.69 Å². The van der Waals surface area contributed by atoms with Crippen LogP contribution >= 0.6 is 0 Å². The number of piperidine rings is 1. The molecule has 5 rings (SSSR count). The van der Waals surface area contributed by atoms with Gasteiger partial charge in [0.2, 0.25) is 0 Å². The van der Waals surface area contributed by atoms with Crippen molar-refractivity contribution in [2.75, 3.05) is 19.6 Å². The van der Waals surface area contributed by atoms with E-state index in [2.05, 4.69) is 10.3 Å². The third-order valence-corrected chi connectivity index (χ3v) is 6.32. The highest BCUT2D eigenvalue weighted by molar-refractivity contribution is 5.99. The van der Waals surface area contributed by atoms with Crippen LogP contribution in [0, 0.1) is 0 Å². The summed E-state index contributed by atoms with van der Waals surface area (Å²) in [4.78, 5) is 36.8. The lowest BCUT2D eigenvalue weighted by Crippen LogP contribution is -2.39. The van der Waals surface area contributed by atoms with Gasteiger partial charge in [-0.1, -0.05) is 24.3 Å². The lowest BCUT2D eigenvalue weighted by atomic mass is 9.96. The first-order chi connectivity index (χ1) is 16.7. The number of pyridine rings is 1. The quantitative estimate of drug-likeness (QED) is 0.432. The fourth-order valence-corrected chi connectivity index (χ4v) is 4.62. The van der Waals surface area contributed by atoms with Gasteiger partial charge < -0.3 is 19.2 Å². The van der Waals surface area contributed by atoms with Crippen LogP contribution in [0.5, 0.6) is 0 Å². The van der Waals surface area contributed by atoms with E-state index < -0.39 is 0 Å². The van der Waals surface area contributed by atoms with Gasteiger partial charge in [-0.2, -0.15) is 0 Å². The molecule has 0 spiro atoms. The molecule has 1 aliphatic heterocycles. The Labute approximate surface area is 198 Å². The molecule has 1 aromatic carbocycles. The summed E-state index contributed by atoms with van der Waals surface area (Å²) in [7, 11) is 0. The maximum atomic E-state index is 13.0. The monoisotopic (exact) mass is 456 g/mol. The van der Waals surface area contributed by atoms with Gasteiger partial charge in [-0.3, -0.25) is 9.59 Å². The average molecular weight is 457 g/mol. The molecule has 34 heavy (non-hydrogen) atoms. The summed E-state index contributed by atoms with van der Waals surface area (Å²) in [6.45, 7) is 2.68. The highest BCUT2D eigenvalue weighted by Crippen LogP contribution is 2.29. The average Bonchev–Trinajstić information content (AvgIpc) is 3.55. The molecule has 1 aliphatic rings. The number of aryl methyl sites for hydroxylation is 1. The number of hydrogen-bond acceptors (Lipinski definition) is 4. The maximum Gasteiger partial charge on any atom is 0.272 e. The van der Waals surface area contributed by atoms with E-state index in [1.54, 1.807) is 12.5 Å². The largest absolute Gasteiger partial charge is 0.351 e. The van der Waals surface area contributed by atoms with Crippen LogP contribution in [0.15, 0.2) is 73.4 Å². The Hall–Kier alpha value is -3.94. The molecule has 0 unspecified atom stereocenters. The second kappa shape index (κ2) is 9.91. The fourth-order valence-electron chi connectivity index (χ4n) is 4.62. The molecule has 8 nitrogen and oxygen atoms in total. The van der Waals surface area contributed by atoms with Crippen molar-refractivity contribution >= 4 is 17.3 Å². The smallest absolute Gasteiger partial charge is 0.272 e. The topological polar surface area (TPSA) is 84.5 Å². The van der Waals surface area contributed by atoms with Gasteiger partial charge in [0.25, 0.3) is 11.8 Å². The molecule has 2 amide bonds. The summed E-state index contributed by atoms with van der Waals surface area (Å²) in [6, 6.07) is 15.2. The number of nitrogens with zero attached hydrogens (tertiary/aromatic N) is 5. The van der Waals surface area contributed by atoms with Crippen molar-refractivity contribution in [1.82, 2.24) is 29.2 Å². The van der Waals surface area contributed by atoms with Gasteiger partial charge in [0.1, 0.15) is 5.82 Å². The number of benzene rings is 1. The van der Waals surface area contributed by atoms with Crippen molar-refractivity contribution in [2.24, 2.45) is 0 Å². The van der Waals surface area contributed by atoms with Crippen LogP contribution in [-0.2, 0) is 6.54 Å². The molecular weight excluding hydrogens is 428 g/mol. The van der Waals surface area contributed by atoms with Crippen LogP contribution in [0.25, 0.3) is 5.52 Å². The second-order valence-corrected chi connectivity index (χ2v) is 8.64. The molecule has 174 valence electrons. The zero-order valence-corrected chi connectivity index (χ0v) is 19.0. The van der Waals surface area contributed by atoms with Crippen molar-refractivity contribution in [3.05, 3.63) is 90.5 Å². The molecule has 0 radical (unpaired) electrons. The Morgan fingerprint density at radius 3 is 2.74 bits per heavy atom. The van der Waals surface area contributed by atoms with Crippen LogP contribution in [0.3, 0.4) is 0 Å². The number of aromatic nitrogens is 4. The zero-order valence-electron chi connectivity index (χ0n) is 19.0. The van der Waals surface area contributed by atoms with Gasteiger partial charge in [-0.25, -0.2) is 9.97 Å². The number of fused-ring (bicyclic) bond motifs is 1. The van der Waals surface area contributed by atoms with E-state index in [1.807, 2.05) is 74.8 Å². The lowest BCUT2D eigenvalue weighted by molar-refractivity contribution is 0.0703. The number of hydrogen-bond donors (Lipinski definition) is 1. The van der Waals surface area contributed by atoms with Crippen molar-refractivity contribution < 1.29 is 9.59 Å². The van der Waals surface area contributed by atoms with E-state index in [-0.39, 0.29) is 17.7 Å². The molecule has 0 bridgehead atoms. The van der Waals surface area contributed by atoms with Crippen LogP contribution < -0.4 is 5.32 Å². The normalized spacial score (nSPS) is 16.0. The molecule has 1 saturated heterocycles. The van der Waals surface area contributed by atoms with Crippen molar-refractivity contribution in [3.8, 4) is 0 Å². The van der Waals surface area contributed by atoms with E-state index in [4.69, 9.17) is 4.98 Å². The predicted molar refractivity (Wildman–Crippen MR) is 129 cm³/mol. The second-order valence-electron chi connectivity index (χ2n) is 8.64. The highest BCUT2D eigenvalue weighted by atomic mass is 16.2. The highest BCUT2D eigenvalue weighted by Gasteiger charge is 2.29. The molecule has 0 aliphatic carbocycles. The number of imidazole rings is 2. The Kier molecular flexibility index (Phi) is 6.38. The fraction of sp³-hybridized carbons (Fsp3) is 0.308. The van der Waals surface area contributed by atoms with Gasteiger partial charge >= 0.3 is 0 Å². The van der Waals surface area contributed by atoms with E-state index in [9.17, 15) is 9.59 Å². The number of rotatable bonds is 7. The Morgan fingerprint density at radius 1 is 1.06 bits per heavy atom. The third-order valence-electron chi connectivity index (χ3n) is 6.32. The van der Waals surface area contributed by atoms with E-state index in [0.717, 1.165) is 43.7 Å². The van der Waals surface area contributed by atoms with Crippen molar-refractivity contribution in [1.29, 1.82) is 0 Å². The number of carbonyl (C=O) groups is 2. The molecular formula is C26H28N6O2. The summed E-state index contributed by atoms with van der Waals surface area (Å²) in [5.41, 5.74) is 1.92. The van der Waals surface area contributed by atoms with Gasteiger partial charge in [0.05, 0.1) is 11.8 Å². The zero-order chi connectivity index (χ0) is 23.3. The van der Waals surface area contributed by atoms with Gasteiger partial charge in [-0.05, 0) is 43.5 Å². The van der Waals surface area contributed by atoms with Crippen LogP contribution in [0.4, 0.5) is 0 Å².